The minimum Gasteiger partial charge on any atom is -0.493 e. The summed E-state index contributed by atoms with van der Waals surface area (Å²) in [7, 11) is 0. The van der Waals surface area contributed by atoms with Crippen LogP contribution in [-0.2, 0) is 22.2 Å². The molecule has 2 aliphatic rings. The monoisotopic (exact) mass is 599 g/mol. The van der Waals surface area contributed by atoms with Gasteiger partial charge >= 0.3 is 12.3 Å². The SMILES string of the molecule is CC(C)(C)OC(=O)N1CCC(CCOc2ccc(-c3nc(C#N)nc4c3ccn4CC3CCOC3)cc2C(F)(F)F)CC1. The fourth-order valence-electron chi connectivity index (χ4n) is 5.58. The number of fused-ring (bicyclic) bond motifs is 1. The molecule has 4 heterocycles. The number of benzene rings is 1. The number of piperidine rings is 1. The van der Waals surface area contributed by atoms with Gasteiger partial charge in [-0.05, 0) is 76.6 Å². The molecule has 1 unspecified atom stereocenters. The topological polar surface area (TPSA) is 102 Å². The van der Waals surface area contributed by atoms with Gasteiger partial charge in [-0.1, -0.05) is 0 Å². The van der Waals surface area contributed by atoms with E-state index in [2.05, 4.69) is 9.97 Å². The first-order chi connectivity index (χ1) is 20.4. The van der Waals surface area contributed by atoms with Gasteiger partial charge in [-0.25, -0.2) is 14.8 Å². The highest BCUT2D eigenvalue weighted by atomic mass is 19.4. The molecule has 0 N–H and O–H groups in total. The van der Waals surface area contributed by atoms with Gasteiger partial charge in [0, 0.05) is 49.3 Å². The second-order valence-corrected chi connectivity index (χ2v) is 12.2. The van der Waals surface area contributed by atoms with Gasteiger partial charge in [-0.3, -0.25) is 0 Å². The van der Waals surface area contributed by atoms with E-state index >= 15 is 0 Å². The molecule has 0 radical (unpaired) electrons. The summed E-state index contributed by atoms with van der Waals surface area (Å²) in [6.45, 7) is 8.60. The Hall–Kier alpha value is -3.85. The summed E-state index contributed by atoms with van der Waals surface area (Å²) < 4.78 is 61.1. The van der Waals surface area contributed by atoms with Gasteiger partial charge in [0.25, 0.3) is 0 Å². The van der Waals surface area contributed by atoms with Crippen LogP contribution in [0.15, 0.2) is 30.5 Å². The number of hydrogen-bond donors (Lipinski definition) is 0. The van der Waals surface area contributed by atoms with Crippen molar-refractivity contribution in [2.75, 3.05) is 32.9 Å². The molecule has 1 atom stereocenters. The van der Waals surface area contributed by atoms with E-state index in [1.807, 2.05) is 37.6 Å². The van der Waals surface area contributed by atoms with E-state index in [1.54, 1.807) is 11.0 Å². The van der Waals surface area contributed by atoms with Crippen LogP contribution in [0.25, 0.3) is 22.3 Å². The van der Waals surface area contributed by atoms with Crippen molar-refractivity contribution in [2.45, 2.75) is 64.8 Å². The van der Waals surface area contributed by atoms with Gasteiger partial charge in [0.15, 0.2) is 0 Å². The zero-order chi connectivity index (χ0) is 30.8. The van der Waals surface area contributed by atoms with E-state index < -0.39 is 17.3 Å². The molecular formula is C31H36F3N5O4. The number of halogens is 3. The lowest BCUT2D eigenvalue weighted by atomic mass is 9.94. The first kappa shape index (κ1) is 30.6. The Kier molecular flexibility index (Phi) is 8.83. The number of nitriles is 1. The van der Waals surface area contributed by atoms with Gasteiger partial charge in [-0.15, -0.1) is 0 Å². The van der Waals surface area contributed by atoms with Crippen LogP contribution in [-0.4, -0.2) is 64.0 Å². The Balaban J connectivity index is 1.30. The van der Waals surface area contributed by atoms with Crippen LogP contribution < -0.4 is 4.74 Å². The Morgan fingerprint density at radius 3 is 2.53 bits per heavy atom. The predicted molar refractivity (Wildman–Crippen MR) is 152 cm³/mol. The van der Waals surface area contributed by atoms with Crippen LogP contribution in [0, 0.1) is 23.2 Å². The van der Waals surface area contributed by atoms with Crippen molar-refractivity contribution in [3.8, 4) is 23.1 Å². The van der Waals surface area contributed by atoms with Gasteiger partial charge in [0.1, 0.15) is 23.1 Å². The molecule has 43 heavy (non-hydrogen) atoms. The summed E-state index contributed by atoms with van der Waals surface area (Å²) in [6.07, 6.45) is -0.258. The maximum atomic E-state index is 14.2. The van der Waals surface area contributed by atoms with E-state index in [4.69, 9.17) is 14.2 Å². The van der Waals surface area contributed by atoms with Crippen LogP contribution in [0.2, 0.25) is 0 Å². The number of carbonyl (C=O) groups excluding carboxylic acids is 1. The predicted octanol–water partition coefficient (Wildman–Crippen LogP) is 6.44. The maximum Gasteiger partial charge on any atom is 0.419 e. The Labute approximate surface area is 248 Å². The van der Waals surface area contributed by atoms with Crippen molar-refractivity contribution in [3.63, 3.8) is 0 Å². The summed E-state index contributed by atoms with van der Waals surface area (Å²) >= 11 is 0. The van der Waals surface area contributed by atoms with Crippen molar-refractivity contribution in [1.82, 2.24) is 19.4 Å². The summed E-state index contributed by atoms with van der Waals surface area (Å²) in [5, 5.41) is 10.1. The van der Waals surface area contributed by atoms with Gasteiger partial charge in [0.2, 0.25) is 5.82 Å². The lowest BCUT2D eigenvalue weighted by Crippen LogP contribution is -2.41. The smallest absolute Gasteiger partial charge is 0.419 e. The molecule has 2 aromatic heterocycles. The summed E-state index contributed by atoms with van der Waals surface area (Å²) in [5.74, 6) is 0.153. The quantitative estimate of drug-likeness (QED) is 0.308. The lowest BCUT2D eigenvalue weighted by molar-refractivity contribution is -0.138. The van der Waals surface area contributed by atoms with Crippen molar-refractivity contribution in [2.24, 2.45) is 11.8 Å². The fraction of sp³-hybridized carbons (Fsp3) is 0.548. The molecule has 1 aromatic carbocycles. The number of amides is 1. The second-order valence-electron chi connectivity index (χ2n) is 12.2. The fourth-order valence-corrected chi connectivity index (χ4v) is 5.58. The first-order valence-electron chi connectivity index (χ1n) is 14.6. The molecule has 5 rings (SSSR count). The zero-order valence-electron chi connectivity index (χ0n) is 24.6. The van der Waals surface area contributed by atoms with Gasteiger partial charge in [-0.2, -0.15) is 18.4 Å². The van der Waals surface area contributed by atoms with Crippen LogP contribution >= 0.6 is 0 Å². The first-order valence-corrected chi connectivity index (χ1v) is 14.6. The third-order valence-corrected chi connectivity index (χ3v) is 7.81. The number of likely N-dealkylation sites (tertiary alicyclic amines) is 1. The normalized spacial score (nSPS) is 18.2. The lowest BCUT2D eigenvalue weighted by Gasteiger charge is -2.33. The highest BCUT2D eigenvalue weighted by Gasteiger charge is 2.35. The van der Waals surface area contributed by atoms with Crippen molar-refractivity contribution < 1.29 is 32.2 Å². The Morgan fingerprint density at radius 1 is 1.12 bits per heavy atom. The van der Waals surface area contributed by atoms with E-state index in [9.17, 15) is 23.2 Å². The molecule has 0 saturated carbocycles. The Morgan fingerprint density at radius 2 is 1.88 bits per heavy atom. The molecule has 2 fully saturated rings. The standard InChI is InChI=1S/C31H36F3N5O4/c1-30(2,3)43-29(40)38-11-6-20(7-12-38)10-15-42-25-5-4-22(16-24(25)31(32,33)34)27-23-8-13-39(18-21-9-14-41-19-21)28(23)37-26(17-35)36-27/h4-5,8,13,16,20-21H,6-7,9-12,14-15,18-19H2,1-3H3. The van der Waals surface area contributed by atoms with Crippen LogP contribution in [0.5, 0.6) is 5.75 Å². The molecule has 230 valence electrons. The van der Waals surface area contributed by atoms with Gasteiger partial charge in [0.05, 0.1) is 24.5 Å². The number of alkyl halides is 3. The number of ether oxygens (including phenoxy) is 3. The molecule has 0 spiro atoms. The average molecular weight is 600 g/mol. The molecule has 2 aliphatic heterocycles. The van der Waals surface area contributed by atoms with Crippen molar-refractivity contribution in [3.05, 3.63) is 41.9 Å². The maximum absolute atomic E-state index is 14.2. The highest BCUT2D eigenvalue weighted by Crippen LogP contribution is 2.40. The van der Waals surface area contributed by atoms with E-state index in [0.29, 0.717) is 56.2 Å². The molecule has 0 aliphatic carbocycles. The Bertz CT molecular complexity index is 1490. The van der Waals surface area contributed by atoms with E-state index in [-0.39, 0.29) is 41.4 Å². The molecule has 3 aromatic rings. The molecular weight excluding hydrogens is 563 g/mol. The number of carbonyl (C=O) groups is 1. The van der Waals surface area contributed by atoms with E-state index in [1.165, 1.54) is 12.1 Å². The summed E-state index contributed by atoms with van der Waals surface area (Å²) in [6, 6.07) is 7.59. The minimum absolute atomic E-state index is 0.114. The van der Waals surface area contributed by atoms with Crippen LogP contribution in [0.3, 0.4) is 0 Å². The zero-order valence-corrected chi connectivity index (χ0v) is 24.6. The molecule has 12 heteroatoms. The third-order valence-electron chi connectivity index (χ3n) is 7.81. The van der Waals surface area contributed by atoms with Crippen molar-refractivity contribution in [1.29, 1.82) is 5.26 Å². The van der Waals surface area contributed by atoms with Gasteiger partial charge < -0.3 is 23.7 Å². The number of rotatable bonds is 7. The minimum atomic E-state index is -4.66. The average Bonchev–Trinajstić information content (AvgIpc) is 3.62. The molecule has 9 nitrogen and oxygen atoms in total. The number of aromatic nitrogens is 3. The second kappa shape index (κ2) is 12.4. The highest BCUT2D eigenvalue weighted by molar-refractivity contribution is 5.91. The summed E-state index contributed by atoms with van der Waals surface area (Å²) in [4.78, 5) is 22.6. The third kappa shape index (κ3) is 7.39. The molecule has 2 saturated heterocycles. The van der Waals surface area contributed by atoms with Crippen molar-refractivity contribution >= 4 is 17.1 Å². The van der Waals surface area contributed by atoms with Crippen LogP contribution in [0.4, 0.5) is 18.0 Å². The molecule has 1 amide bonds. The number of hydrogen-bond acceptors (Lipinski definition) is 7. The van der Waals surface area contributed by atoms with E-state index in [0.717, 1.165) is 25.3 Å². The van der Waals surface area contributed by atoms with Crippen LogP contribution in [0.1, 0.15) is 57.8 Å². The number of nitrogens with zero attached hydrogens (tertiary/aromatic N) is 5. The summed E-state index contributed by atoms with van der Waals surface area (Å²) in [5.41, 5.74) is -0.490. The molecule has 0 bridgehead atoms. The largest absolute Gasteiger partial charge is 0.493 e.